The number of ether oxygens (including phenoxy) is 2. The van der Waals surface area contributed by atoms with Crippen molar-refractivity contribution < 1.29 is 23.8 Å². The molecule has 0 radical (unpaired) electrons. The number of phenolic OH excluding ortho intramolecular Hbond substituents is 1. The molecular formula is C16H16FNO4. The molecule has 2 rings (SSSR count). The Morgan fingerprint density at radius 2 is 1.91 bits per heavy atom. The minimum atomic E-state index is -0.501. The molecule has 2 N–H and O–H groups in total. The third-order valence-corrected chi connectivity index (χ3v) is 3.13. The topological polar surface area (TPSA) is 67.8 Å². The number of methoxy groups -OCH3 is 2. The Kier molecular flexibility index (Phi) is 4.83. The van der Waals surface area contributed by atoms with E-state index in [2.05, 4.69) is 5.32 Å². The average Bonchev–Trinajstić information content (AvgIpc) is 2.53. The van der Waals surface area contributed by atoms with Crippen LogP contribution in [0.2, 0.25) is 0 Å². The zero-order valence-electron chi connectivity index (χ0n) is 12.2. The quantitative estimate of drug-likeness (QED) is 0.890. The van der Waals surface area contributed by atoms with Gasteiger partial charge in [0.05, 0.1) is 19.8 Å². The first kappa shape index (κ1) is 15.6. The number of nitrogens with one attached hydrogen (secondary N) is 1. The maximum absolute atomic E-state index is 13.6. The lowest BCUT2D eigenvalue weighted by Gasteiger charge is -2.10. The molecule has 1 amide bonds. The Balaban J connectivity index is 2.09. The Morgan fingerprint density at radius 3 is 2.55 bits per heavy atom. The van der Waals surface area contributed by atoms with Crippen LogP contribution in [0.25, 0.3) is 0 Å². The molecule has 116 valence electrons. The van der Waals surface area contributed by atoms with Crippen LogP contribution >= 0.6 is 0 Å². The molecule has 0 aliphatic heterocycles. The van der Waals surface area contributed by atoms with Gasteiger partial charge in [-0.15, -0.1) is 0 Å². The number of phenols is 1. The molecule has 22 heavy (non-hydrogen) atoms. The monoisotopic (exact) mass is 305 g/mol. The highest BCUT2D eigenvalue weighted by atomic mass is 19.1. The van der Waals surface area contributed by atoms with Gasteiger partial charge in [0.25, 0.3) is 5.91 Å². The van der Waals surface area contributed by atoms with Crippen LogP contribution in [0.5, 0.6) is 17.2 Å². The number of rotatable bonds is 5. The predicted molar refractivity (Wildman–Crippen MR) is 78.8 cm³/mol. The van der Waals surface area contributed by atoms with E-state index in [4.69, 9.17) is 9.47 Å². The van der Waals surface area contributed by atoms with Crippen molar-refractivity contribution >= 4 is 5.91 Å². The van der Waals surface area contributed by atoms with E-state index in [0.717, 1.165) is 0 Å². The number of carbonyl (C=O) groups excluding carboxylic acids is 1. The summed E-state index contributed by atoms with van der Waals surface area (Å²) >= 11 is 0. The van der Waals surface area contributed by atoms with Gasteiger partial charge in [-0.2, -0.15) is 0 Å². The summed E-state index contributed by atoms with van der Waals surface area (Å²) in [4.78, 5) is 12.1. The number of benzene rings is 2. The van der Waals surface area contributed by atoms with E-state index in [0.29, 0.717) is 5.56 Å². The highest BCUT2D eigenvalue weighted by Crippen LogP contribution is 2.29. The van der Waals surface area contributed by atoms with E-state index in [1.807, 2.05) is 0 Å². The summed E-state index contributed by atoms with van der Waals surface area (Å²) in [6.07, 6.45) is 0. The molecular weight excluding hydrogens is 289 g/mol. The van der Waals surface area contributed by atoms with Gasteiger partial charge in [0.15, 0.2) is 23.1 Å². The summed E-state index contributed by atoms with van der Waals surface area (Å²) in [7, 11) is 2.78. The summed E-state index contributed by atoms with van der Waals surface area (Å²) < 4.78 is 23.3. The number of hydrogen-bond acceptors (Lipinski definition) is 4. The van der Waals surface area contributed by atoms with E-state index < -0.39 is 11.7 Å². The van der Waals surface area contributed by atoms with Gasteiger partial charge in [-0.05, 0) is 29.8 Å². The van der Waals surface area contributed by atoms with Gasteiger partial charge >= 0.3 is 0 Å². The molecule has 2 aromatic rings. The van der Waals surface area contributed by atoms with E-state index >= 15 is 0 Å². The molecule has 0 saturated heterocycles. The third-order valence-electron chi connectivity index (χ3n) is 3.13. The van der Waals surface area contributed by atoms with Crippen LogP contribution in [0.15, 0.2) is 36.4 Å². The van der Waals surface area contributed by atoms with E-state index in [1.165, 1.54) is 32.4 Å². The van der Waals surface area contributed by atoms with Crippen LogP contribution in [-0.2, 0) is 6.54 Å². The summed E-state index contributed by atoms with van der Waals surface area (Å²) in [5.74, 6) is -0.863. The maximum atomic E-state index is 13.6. The standard InChI is InChI=1S/C16H16FNO4/c1-21-13-7-6-10(8-12(13)17)9-18-16(20)11-4-3-5-14(22-2)15(11)19/h3-8,19H,9H2,1-2H3,(H,18,20). The van der Waals surface area contributed by atoms with Crippen LogP contribution in [0, 0.1) is 5.82 Å². The van der Waals surface area contributed by atoms with Crippen molar-refractivity contribution in [3.8, 4) is 17.2 Å². The Labute approximate surface area is 127 Å². The van der Waals surface area contributed by atoms with E-state index in [9.17, 15) is 14.3 Å². The average molecular weight is 305 g/mol. The van der Waals surface area contributed by atoms with Crippen molar-refractivity contribution in [2.45, 2.75) is 6.54 Å². The van der Waals surface area contributed by atoms with Crippen LogP contribution in [0.4, 0.5) is 4.39 Å². The lowest BCUT2D eigenvalue weighted by Crippen LogP contribution is -2.23. The molecule has 2 aromatic carbocycles. The third kappa shape index (κ3) is 3.28. The molecule has 0 spiro atoms. The highest BCUT2D eigenvalue weighted by Gasteiger charge is 2.14. The number of amides is 1. The molecule has 0 aliphatic carbocycles. The van der Waals surface area contributed by atoms with Gasteiger partial charge in [-0.3, -0.25) is 4.79 Å². The smallest absolute Gasteiger partial charge is 0.255 e. The zero-order valence-corrected chi connectivity index (χ0v) is 12.2. The molecule has 0 unspecified atom stereocenters. The summed E-state index contributed by atoms with van der Waals surface area (Å²) in [6.45, 7) is 0.121. The minimum Gasteiger partial charge on any atom is -0.504 e. The SMILES string of the molecule is COc1ccc(CNC(=O)c2cccc(OC)c2O)cc1F. The number of hydrogen-bond donors (Lipinski definition) is 2. The number of para-hydroxylation sites is 1. The van der Waals surface area contributed by atoms with Gasteiger partial charge < -0.3 is 19.9 Å². The van der Waals surface area contributed by atoms with Crippen molar-refractivity contribution in [3.63, 3.8) is 0 Å². The lowest BCUT2D eigenvalue weighted by atomic mass is 10.1. The molecule has 0 heterocycles. The van der Waals surface area contributed by atoms with Gasteiger partial charge in [0, 0.05) is 6.54 Å². The van der Waals surface area contributed by atoms with Crippen molar-refractivity contribution in [1.29, 1.82) is 0 Å². The Morgan fingerprint density at radius 1 is 1.18 bits per heavy atom. The Hall–Kier alpha value is -2.76. The van der Waals surface area contributed by atoms with Gasteiger partial charge in [0.2, 0.25) is 0 Å². The molecule has 0 aliphatic rings. The van der Waals surface area contributed by atoms with Crippen LogP contribution in [0.1, 0.15) is 15.9 Å². The van der Waals surface area contributed by atoms with Crippen molar-refractivity contribution in [2.75, 3.05) is 14.2 Å². The molecule has 0 aromatic heterocycles. The number of aromatic hydroxyl groups is 1. The fourth-order valence-electron chi connectivity index (χ4n) is 1.97. The fourth-order valence-corrected chi connectivity index (χ4v) is 1.97. The van der Waals surface area contributed by atoms with Crippen LogP contribution < -0.4 is 14.8 Å². The molecule has 5 nitrogen and oxygen atoms in total. The normalized spacial score (nSPS) is 10.1. The first-order valence-corrected chi connectivity index (χ1v) is 6.53. The minimum absolute atomic E-state index is 0.0910. The van der Waals surface area contributed by atoms with Crippen molar-refractivity contribution in [2.24, 2.45) is 0 Å². The van der Waals surface area contributed by atoms with Crippen LogP contribution in [0.3, 0.4) is 0 Å². The van der Waals surface area contributed by atoms with Crippen LogP contribution in [-0.4, -0.2) is 25.2 Å². The summed E-state index contributed by atoms with van der Waals surface area (Å²) in [5, 5.41) is 12.5. The lowest BCUT2D eigenvalue weighted by molar-refractivity contribution is 0.0947. The number of halogens is 1. The second-order valence-electron chi connectivity index (χ2n) is 4.51. The molecule has 0 saturated carbocycles. The fraction of sp³-hybridized carbons (Fsp3) is 0.188. The van der Waals surface area contributed by atoms with E-state index in [1.54, 1.807) is 18.2 Å². The second-order valence-corrected chi connectivity index (χ2v) is 4.51. The molecule has 0 bridgehead atoms. The maximum Gasteiger partial charge on any atom is 0.255 e. The molecule has 0 fully saturated rings. The summed E-state index contributed by atoms with van der Waals surface area (Å²) in [5.41, 5.74) is 0.669. The first-order valence-electron chi connectivity index (χ1n) is 6.53. The Bertz CT molecular complexity index is 688. The first-order chi connectivity index (χ1) is 10.6. The van der Waals surface area contributed by atoms with Gasteiger partial charge in [0.1, 0.15) is 0 Å². The largest absolute Gasteiger partial charge is 0.504 e. The highest BCUT2D eigenvalue weighted by molar-refractivity contribution is 5.97. The number of carbonyl (C=O) groups is 1. The molecule has 0 atom stereocenters. The van der Waals surface area contributed by atoms with Crippen molar-refractivity contribution in [1.82, 2.24) is 5.32 Å². The second kappa shape index (κ2) is 6.80. The van der Waals surface area contributed by atoms with Gasteiger partial charge in [-0.1, -0.05) is 12.1 Å². The van der Waals surface area contributed by atoms with Crippen molar-refractivity contribution in [3.05, 3.63) is 53.3 Å². The van der Waals surface area contributed by atoms with E-state index in [-0.39, 0.29) is 29.4 Å². The zero-order chi connectivity index (χ0) is 16.1. The van der Waals surface area contributed by atoms with Gasteiger partial charge in [-0.25, -0.2) is 4.39 Å². The summed E-state index contributed by atoms with van der Waals surface area (Å²) in [6, 6.07) is 9.03. The molecule has 6 heteroatoms. The predicted octanol–water partition coefficient (Wildman–Crippen LogP) is 2.48.